The third-order valence-corrected chi connectivity index (χ3v) is 4.99. The lowest BCUT2D eigenvalue weighted by Crippen LogP contribution is -2.30. The molecule has 1 aliphatic rings. The van der Waals surface area contributed by atoms with Crippen LogP contribution in [0, 0.1) is 5.82 Å². The van der Waals surface area contributed by atoms with Crippen molar-refractivity contribution in [3.63, 3.8) is 0 Å². The van der Waals surface area contributed by atoms with Crippen LogP contribution in [-0.2, 0) is 20.9 Å². The lowest BCUT2D eigenvalue weighted by atomic mass is 10.2. The molecule has 2 heterocycles. The van der Waals surface area contributed by atoms with Crippen molar-refractivity contribution in [2.45, 2.75) is 6.54 Å². The van der Waals surface area contributed by atoms with E-state index in [1.54, 1.807) is 24.3 Å². The summed E-state index contributed by atoms with van der Waals surface area (Å²) in [6.07, 6.45) is 1.47. The Kier molecular flexibility index (Phi) is 7.10. The molecule has 0 atom stereocenters. The van der Waals surface area contributed by atoms with Crippen LogP contribution in [0.3, 0.4) is 0 Å². The van der Waals surface area contributed by atoms with E-state index in [1.807, 2.05) is 0 Å². The molecule has 2 N–H and O–H groups in total. The average molecular weight is 493 g/mol. The van der Waals surface area contributed by atoms with E-state index in [0.29, 0.717) is 17.0 Å². The molecule has 0 aliphatic carbocycles. The van der Waals surface area contributed by atoms with Gasteiger partial charge in [0.2, 0.25) is 5.76 Å². The molecule has 3 aromatic rings. The zero-order valence-electron chi connectivity index (χ0n) is 18.9. The standard InChI is InChI=1S/C25H20FN3O7/c1-34-24(32)21-10-9-19(36-21)13-29-23(31)20(28-25(29)33)12-15-3-2-4-18(11-15)35-14-22(30)27-17-7-5-16(26)6-8-17/h2-12H,13-14H2,1H3,(H,27,30)(H,28,33)/b20-12-. The summed E-state index contributed by atoms with van der Waals surface area (Å²) in [7, 11) is 1.21. The molecular weight excluding hydrogens is 473 g/mol. The van der Waals surface area contributed by atoms with Crippen molar-refractivity contribution in [1.82, 2.24) is 10.2 Å². The molecule has 2 aromatic carbocycles. The lowest BCUT2D eigenvalue weighted by molar-refractivity contribution is -0.123. The first-order chi connectivity index (χ1) is 17.3. The van der Waals surface area contributed by atoms with Crippen LogP contribution in [0.25, 0.3) is 6.08 Å². The highest BCUT2D eigenvalue weighted by Crippen LogP contribution is 2.21. The first-order valence-corrected chi connectivity index (χ1v) is 10.6. The minimum atomic E-state index is -0.672. The second kappa shape index (κ2) is 10.6. The van der Waals surface area contributed by atoms with Gasteiger partial charge in [-0.05, 0) is 60.2 Å². The Bertz CT molecular complexity index is 1350. The van der Waals surface area contributed by atoms with Gasteiger partial charge >= 0.3 is 12.0 Å². The summed E-state index contributed by atoms with van der Waals surface area (Å²) in [4.78, 5) is 49.6. The first kappa shape index (κ1) is 24.2. The van der Waals surface area contributed by atoms with Gasteiger partial charge < -0.3 is 24.5 Å². The quantitative estimate of drug-likeness (QED) is 0.280. The molecule has 1 aromatic heterocycles. The Morgan fingerprint density at radius 1 is 1.11 bits per heavy atom. The zero-order valence-corrected chi connectivity index (χ0v) is 18.9. The second-order valence-electron chi connectivity index (χ2n) is 7.55. The Morgan fingerprint density at radius 2 is 1.89 bits per heavy atom. The van der Waals surface area contributed by atoms with Gasteiger partial charge in [-0.3, -0.25) is 14.5 Å². The van der Waals surface area contributed by atoms with Crippen LogP contribution >= 0.6 is 0 Å². The number of anilines is 1. The van der Waals surface area contributed by atoms with E-state index in [-0.39, 0.29) is 30.4 Å². The number of furan rings is 1. The number of urea groups is 1. The number of amides is 4. The Balaban J connectivity index is 1.37. The largest absolute Gasteiger partial charge is 0.484 e. The maximum atomic E-state index is 13.0. The fourth-order valence-electron chi connectivity index (χ4n) is 3.28. The highest BCUT2D eigenvalue weighted by atomic mass is 19.1. The van der Waals surface area contributed by atoms with Crippen LogP contribution in [0.4, 0.5) is 14.9 Å². The van der Waals surface area contributed by atoms with E-state index in [0.717, 1.165) is 4.90 Å². The Hall–Kier alpha value is -4.93. The first-order valence-electron chi connectivity index (χ1n) is 10.6. The van der Waals surface area contributed by atoms with Gasteiger partial charge in [-0.15, -0.1) is 0 Å². The number of hydrogen-bond donors (Lipinski definition) is 2. The topological polar surface area (TPSA) is 127 Å². The Morgan fingerprint density at radius 3 is 2.64 bits per heavy atom. The van der Waals surface area contributed by atoms with Crippen LogP contribution in [0.15, 0.2) is 70.8 Å². The average Bonchev–Trinajstić information content (AvgIpc) is 3.44. The fraction of sp³-hybridized carbons (Fsp3) is 0.120. The number of hydrogen-bond acceptors (Lipinski definition) is 7. The molecule has 0 unspecified atom stereocenters. The minimum Gasteiger partial charge on any atom is -0.484 e. The molecule has 1 saturated heterocycles. The maximum absolute atomic E-state index is 13.0. The molecule has 184 valence electrons. The Labute approximate surface area is 204 Å². The minimum absolute atomic E-state index is 0.0333. The van der Waals surface area contributed by atoms with Crippen LogP contribution < -0.4 is 15.4 Å². The number of carbonyl (C=O) groups is 4. The summed E-state index contributed by atoms with van der Waals surface area (Å²) in [5, 5.41) is 5.08. The van der Waals surface area contributed by atoms with Gasteiger partial charge in [-0.25, -0.2) is 14.0 Å². The van der Waals surface area contributed by atoms with Gasteiger partial charge in [0, 0.05) is 5.69 Å². The molecular formula is C25H20FN3O7. The fourth-order valence-corrected chi connectivity index (χ4v) is 3.28. The molecule has 11 heteroatoms. The van der Waals surface area contributed by atoms with Gasteiger partial charge in [0.05, 0.1) is 13.7 Å². The number of rotatable bonds is 8. The van der Waals surface area contributed by atoms with Crippen molar-refractivity contribution >= 4 is 35.6 Å². The van der Waals surface area contributed by atoms with E-state index in [2.05, 4.69) is 15.4 Å². The molecule has 4 rings (SSSR count). The summed E-state index contributed by atoms with van der Waals surface area (Å²) < 4.78 is 28.4. The zero-order chi connectivity index (χ0) is 25.7. The van der Waals surface area contributed by atoms with Gasteiger partial charge in [0.15, 0.2) is 6.61 Å². The third-order valence-electron chi connectivity index (χ3n) is 4.99. The highest BCUT2D eigenvalue weighted by molar-refractivity contribution is 6.13. The van der Waals surface area contributed by atoms with Gasteiger partial charge in [0.1, 0.15) is 23.0 Å². The van der Waals surface area contributed by atoms with E-state index in [9.17, 15) is 23.6 Å². The predicted octanol–water partition coefficient (Wildman–Crippen LogP) is 3.32. The van der Waals surface area contributed by atoms with E-state index < -0.39 is 29.6 Å². The van der Waals surface area contributed by atoms with Crippen molar-refractivity contribution in [2.24, 2.45) is 0 Å². The number of esters is 1. The van der Waals surface area contributed by atoms with Crippen molar-refractivity contribution in [1.29, 1.82) is 0 Å². The van der Waals surface area contributed by atoms with Crippen LogP contribution in [0.5, 0.6) is 5.75 Å². The number of methoxy groups -OCH3 is 1. The summed E-state index contributed by atoms with van der Waals surface area (Å²) >= 11 is 0. The number of nitrogens with one attached hydrogen (secondary N) is 2. The molecule has 0 radical (unpaired) electrons. The summed E-state index contributed by atoms with van der Waals surface area (Å²) in [6, 6.07) is 14.1. The van der Waals surface area contributed by atoms with E-state index >= 15 is 0 Å². The second-order valence-corrected chi connectivity index (χ2v) is 7.55. The van der Waals surface area contributed by atoms with Crippen molar-refractivity contribution in [3.05, 3.63) is 89.3 Å². The maximum Gasteiger partial charge on any atom is 0.373 e. The number of benzene rings is 2. The number of nitrogens with zero attached hydrogens (tertiary/aromatic N) is 1. The summed E-state index contributed by atoms with van der Waals surface area (Å²) in [6.45, 7) is -0.469. The van der Waals surface area contributed by atoms with Crippen molar-refractivity contribution < 1.29 is 37.5 Å². The number of imide groups is 1. The lowest BCUT2D eigenvalue weighted by Gasteiger charge is -2.09. The molecule has 0 spiro atoms. The molecule has 4 amide bonds. The van der Waals surface area contributed by atoms with Crippen molar-refractivity contribution in [3.8, 4) is 5.75 Å². The molecule has 1 aliphatic heterocycles. The van der Waals surface area contributed by atoms with Gasteiger partial charge in [-0.2, -0.15) is 0 Å². The molecule has 1 fully saturated rings. The monoisotopic (exact) mass is 493 g/mol. The SMILES string of the molecule is COC(=O)c1ccc(CN2C(=O)N/C(=C\c3cccc(OCC(=O)Nc4ccc(F)cc4)c3)C2=O)o1. The van der Waals surface area contributed by atoms with Crippen LogP contribution in [0.2, 0.25) is 0 Å². The highest BCUT2D eigenvalue weighted by Gasteiger charge is 2.34. The van der Waals surface area contributed by atoms with E-state index in [4.69, 9.17) is 9.15 Å². The predicted molar refractivity (Wildman–Crippen MR) is 124 cm³/mol. The van der Waals surface area contributed by atoms with Crippen molar-refractivity contribution in [2.75, 3.05) is 19.0 Å². The molecule has 36 heavy (non-hydrogen) atoms. The molecule has 0 bridgehead atoms. The number of ether oxygens (including phenoxy) is 2. The van der Waals surface area contributed by atoms with Gasteiger partial charge in [0.25, 0.3) is 11.8 Å². The number of carbonyl (C=O) groups excluding carboxylic acids is 4. The number of halogens is 1. The van der Waals surface area contributed by atoms with Crippen LogP contribution in [0.1, 0.15) is 21.9 Å². The normalized spacial score (nSPS) is 14.1. The third kappa shape index (κ3) is 5.76. The molecule has 0 saturated carbocycles. The van der Waals surface area contributed by atoms with E-state index in [1.165, 1.54) is 49.6 Å². The molecule has 10 nitrogen and oxygen atoms in total. The van der Waals surface area contributed by atoms with Gasteiger partial charge in [-0.1, -0.05) is 12.1 Å². The summed E-state index contributed by atoms with van der Waals surface area (Å²) in [5.41, 5.74) is 1.01. The summed E-state index contributed by atoms with van der Waals surface area (Å²) in [5.74, 6) is -1.56. The van der Waals surface area contributed by atoms with Crippen LogP contribution in [-0.4, -0.2) is 42.4 Å². The smallest absolute Gasteiger partial charge is 0.373 e.